The highest BCUT2D eigenvalue weighted by Crippen LogP contribution is 2.20. The van der Waals surface area contributed by atoms with Crippen molar-refractivity contribution >= 4 is 130 Å². The quantitative estimate of drug-likeness (QED) is 0.0292. The molecule has 1 aliphatic heterocycles. The number of carboxylic acids is 2. The molecule has 1 aliphatic rings. The van der Waals surface area contributed by atoms with Crippen LogP contribution < -0.4 is 108 Å². The summed E-state index contributed by atoms with van der Waals surface area (Å²) in [5.41, 5.74) is 16.7. The Morgan fingerprint density at radius 3 is 1.11 bits per heavy atom. The average molecular weight is 1870 g/mol. The van der Waals surface area contributed by atoms with Gasteiger partial charge in [-0.2, -0.15) is 0 Å². The van der Waals surface area contributed by atoms with E-state index in [0.717, 1.165) is 25.7 Å². The van der Waals surface area contributed by atoms with Gasteiger partial charge in [0.1, 0.15) is 115 Å². The van der Waals surface area contributed by atoms with Crippen molar-refractivity contribution in [2.45, 2.75) is 207 Å². The molecule has 131 heavy (non-hydrogen) atoms. The van der Waals surface area contributed by atoms with Crippen molar-refractivity contribution in [2.75, 3.05) is 66.0 Å². The van der Waals surface area contributed by atoms with Crippen molar-refractivity contribution in [1.82, 2.24) is 105 Å². The SMILES string of the molecule is CC(C)[C@H](NC(=O)[C@@H](N)CO)C(=O)N[C@@H](CO)C(=O)N[C@@H](CO)C(=O)N[C@@H](CCC(N)=O)C(=O)N[C@@H](Cc1ccccc1)C(=O)N[C@@H](CO)C(=O)N[C@@H](CC(=O)O)C(=O)N[C@@H](C)C(=O)N[C@@H](C)C(=O)N[C@@H](CCC(N)=O)C(=O)N[C@@H](C)C(=O)N[C@@H](CO)C(=O)N1CCC[C@H]1C(=O)N[C@@H](CO)C(=O)N[C@@H](CO)C(=O)N[C@@H](Cc1cnc[nH]1)C(=O)N[C@@H](CO)C(=O)N[C@@H](CO)C(=O)O. The van der Waals surface area contributed by atoms with Crippen LogP contribution in [0.2, 0.25) is 0 Å². The number of nitrogens with two attached hydrogens (primary N) is 3. The minimum atomic E-state index is -2.14. The average Bonchev–Trinajstić information content (AvgIpc) is 1.69. The molecular weight excluding hydrogens is 1750 g/mol. The van der Waals surface area contributed by atoms with Crippen molar-refractivity contribution in [2.24, 2.45) is 23.1 Å². The van der Waals surface area contributed by atoms with Gasteiger partial charge in [-0.05, 0) is 57.9 Å². The molecule has 1 aromatic carbocycles. The van der Waals surface area contributed by atoms with Gasteiger partial charge in [-0.15, -0.1) is 0 Å². The predicted molar refractivity (Wildman–Crippen MR) is 440 cm³/mol. The first-order valence-electron chi connectivity index (χ1n) is 40.5. The van der Waals surface area contributed by atoms with E-state index >= 15 is 0 Å². The number of hydrogen-bond acceptors (Lipinski definition) is 33. The fraction of sp³-hybridized carbons (Fsp3) is 0.587. The molecule has 1 fully saturated rings. The number of imidazole rings is 1. The fourth-order valence-electron chi connectivity index (χ4n) is 12.0. The molecule has 56 nitrogen and oxygen atoms in total. The molecule has 0 saturated carbocycles. The van der Waals surface area contributed by atoms with Crippen LogP contribution in [0.1, 0.15) is 90.8 Å². The summed E-state index contributed by atoms with van der Waals surface area (Å²) in [6, 6.07) is -26.4. The Labute approximate surface area is 744 Å². The van der Waals surface area contributed by atoms with Crippen LogP contribution >= 0.6 is 0 Å². The number of rotatable bonds is 58. The van der Waals surface area contributed by atoms with E-state index in [-0.39, 0.29) is 25.1 Å². The van der Waals surface area contributed by atoms with Crippen LogP contribution in [-0.2, 0) is 118 Å². The summed E-state index contributed by atoms with van der Waals surface area (Å²) >= 11 is 0. The zero-order valence-corrected chi connectivity index (χ0v) is 71.6. The highest BCUT2D eigenvalue weighted by atomic mass is 16.4. The van der Waals surface area contributed by atoms with Gasteiger partial charge in [0.2, 0.25) is 118 Å². The number of primary amides is 2. The van der Waals surface area contributed by atoms with Crippen LogP contribution in [0.4, 0.5) is 0 Å². The molecular formula is C75H115N23O33. The van der Waals surface area contributed by atoms with Crippen molar-refractivity contribution in [3.05, 3.63) is 54.1 Å². The predicted octanol–water partition coefficient (Wildman–Crippen LogP) is -18.5. The molecule has 1 aromatic heterocycles. The van der Waals surface area contributed by atoms with E-state index in [0.29, 0.717) is 5.56 Å². The van der Waals surface area contributed by atoms with E-state index in [2.05, 4.69) is 89.7 Å². The number of aliphatic carboxylic acids is 2. The lowest BCUT2D eigenvalue weighted by molar-refractivity contribution is -0.143. The first-order valence-corrected chi connectivity index (χ1v) is 40.5. The largest absolute Gasteiger partial charge is 0.481 e. The van der Waals surface area contributed by atoms with Crippen LogP contribution in [0.15, 0.2) is 42.9 Å². The smallest absolute Gasteiger partial charge is 0.328 e. The van der Waals surface area contributed by atoms with E-state index in [4.69, 9.17) is 17.2 Å². The number of aromatic amines is 1. The topological polar surface area (TPSA) is 913 Å². The van der Waals surface area contributed by atoms with E-state index in [1.807, 2.05) is 10.6 Å². The molecule has 19 atom stereocenters. The monoisotopic (exact) mass is 1870 g/mol. The molecule has 56 heteroatoms. The van der Waals surface area contributed by atoms with Crippen molar-refractivity contribution in [1.29, 1.82) is 0 Å². The molecule has 35 N–H and O–H groups in total. The fourth-order valence-corrected chi connectivity index (χ4v) is 12.0. The number of benzene rings is 1. The van der Waals surface area contributed by atoms with Crippen LogP contribution in [0.25, 0.3) is 0 Å². The lowest BCUT2D eigenvalue weighted by atomic mass is 10.0. The molecule has 0 unspecified atom stereocenters. The number of aromatic nitrogens is 2. The molecule has 3 rings (SSSR count). The van der Waals surface area contributed by atoms with Crippen molar-refractivity contribution in [3.8, 4) is 0 Å². The molecule has 0 bridgehead atoms. The molecule has 0 spiro atoms. The van der Waals surface area contributed by atoms with E-state index in [9.17, 15) is 162 Å². The third kappa shape index (κ3) is 36.8. The first kappa shape index (κ1) is 112. The van der Waals surface area contributed by atoms with Crippen molar-refractivity contribution < 1.29 is 162 Å². The second-order valence-electron chi connectivity index (χ2n) is 30.1. The number of aliphatic hydroxyl groups excluding tert-OH is 9. The molecule has 2 heterocycles. The summed E-state index contributed by atoms with van der Waals surface area (Å²) in [6.07, 6.45) is -2.13. The number of likely N-dealkylation sites (tertiary alicyclic amines) is 1. The number of carbonyl (C=O) groups is 22. The summed E-state index contributed by atoms with van der Waals surface area (Å²) in [5, 5.41) is 146. The first-order chi connectivity index (χ1) is 61.8. The Hall–Kier alpha value is -13.6. The van der Waals surface area contributed by atoms with E-state index < -0.39 is 355 Å². The highest BCUT2D eigenvalue weighted by Gasteiger charge is 2.43. The van der Waals surface area contributed by atoms with Gasteiger partial charge in [-0.25, -0.2) is 9.78 Å². The summed E-state index contributed by atoms with van der Waals surface area (Å²) < 4.78 is 0. The van der Waals surface area contributed by atoms with E-state index in [1.54, 1.807) is 6.07 Å². The number of carbonyl (C=O) groups excluding carboxylic acids is 20. The zero-order chi connectivity index (χ0) is 98.8. The third-order valence-electron chi connectivity index (χ3n) is 19.5. The lowest BCUT2D eigenvalue weighted by Gasteiger charge is -2.30. The van der Waals surface area contributed by atoms with E-state index in [1.165, 1.54) is 50.6 Å². The molecule has 1 saturated heterocycles. The summed E-state index contributed by atoms with van der Waals surface area (Å²) in [5.74, 6) is -28.1. The Balaban J connectivity index is 1.71. The van der Waals surface area contributed by atoms with Crippen LogP contribution in [-0.4, -0.2) is 382 Å². The van der Waals surface area contributed by atoms with Gasteiger partial charge in [0.25, 0.3) is 0 Å². The number of carboxylic acid groups (broad SMARTS) is 2. The second kappa shape index (κ2) is 56.0. The van der Waals surface area contributed by atoms with Crippen LogP contribution in [0, 0.1) is 5.92 Å². The third-order valence-corrected chi connectivity index (χ3v) is 19.5. The minimum absolute atomic E-state index is 0.0993. The number of aliphatic hydroxyl groups is 9. The molecule has 20 amide bonds. The minimum Gasteiger partial charge on any atom is -0.481 e. The number of nitrogens with one attached hydrogen (secondary N) is 18. The van der Waals surface area contributed by atoms with Crippen molar-refractivity contribution in [3.63, 3.8) is 0 Å². The normalized spacial score (nSPS) is 16.4. The van der Waals surface area contributed by atoms with Gasteiger partial charge in [-0.3, -0.25) is 101 Å². The van der Waals surface area contributed by atoms with Gasteiger partial charge in [-0.1, -0.05) is 44.2 Å². The summed E-state index contributed by atoms with van der Waals surface area (Å²) in [6.45, 7) is -4.22. The van der Waals surface area contributed by atoms with Gasteiger partial charge >= 0.3 is 11.9 Å². The van der Waals surface area contributed by atoms with Gasteiger partial charge in [0.05, 0.1) is 72.2 Å². The lowest BCUT2D eigenvalue weighted by Crippen LogP contribution is -2.62. The highest BCUT2D eigenvalue weighted by molar-refractivity contribution is 6.02. The Morgan fingerprint density at radius 1 is 0.389 bits per heavy atom. The Kier molecular flexibility index (Phi) is 47.6. The van der Waals surface area contributed by atoms with Crippen LogP contribution in [0.3, 0.4) is 0 Å². The molecule has 0 aliphatic carbocycles. The maximum absolute atomic E-state index is 14.2. The molecule has 0 radical (unpaired) electrons. The maximum atomic E-state index is 14.2. The zero-order valence-electron chi connectivity index (χ0n) is 71.6. The standard InChI is InChI=1S/C75H115N23O33/c1-32(2)56(97-60(115)38(76)22-99)73(128)94-49(28-105)70(125)91-44(23-100)66(121)85-40(14-16-54(78)109)62(117)86-41(18-36-10-7-6-8-11-36)64(119)89-45(24-101)68(123)88-43(20-55(110)111)63(118)83-33(3)57(112)81-34(4)58(113)84-39(13-15-53(77)108)61(116)82-35(5)59(114)95-50(29-106)74(129)98-17-9-12-52(98)72(127)93-48(27-104)69(124)92-46(25-102)67(122)87-42(19-37-21-79-31-80-37)65(120)90-47(26-103)71(126)96-51(30-107)75(130)131/h6-8,10-11,21,31-35,38-52,56,99-107H,9,12-20,22-30,76H2,1-5H3,(H2,77,108)(H2,78,109)(H,79,80)(H,81,112)(H,82,116)(H,83,118)(H,84,113)(H,85,121)(H,86,117)(H,87,122)(H,88,123)(H,89,119)(H,90,120)(H,91,125)(H,92,124)(H,93,127)(H,94,128)(H,95,114)(H,96,126)(H,97,115)(H,110,111)(H,130,131)/t33-,34-,35-,38-,39-,40-,41-,42-,43-,44-,45-,46-,47-,48-,49-,50-,51-,52-,56-/m0/s1. The number of hydrogen-bond donors (Lipinski definition) is 32. The number of nitrogens with zero attached hydrogens (tertiary/aromatic N) is 2. The van der Waals surface area contributed by atoms with Gasteiger partial charge in [0.15, 0.2) is 0 Å². The second-order valence-corrected chi connectivity index (χ2v) is 30.1. The summed E-state index contributed by atoms with van der Waals surface area (Å²) in [4.78, 5) is 299. The Morgan fingerprint density at radius 2 is 0.725 bits per heavy atom. The number of amides is 20. The summed E-state index contributed by atoms with van der Waals surface area (Å²) in [7, 11) is 0. The van der Waals surface area contributed by atoms with Gasteiger partial charge < -0.3 is 174 Å². The molecule has 2 aromatic rings. The number of H-pyrrole nitrogens is 1. The van der Waals surface area contributed by atoms with Crippen LogP contribution in [0.5, 0.6) is 0 Å². The van der Waals surface area contributed by atoms with Gasteiger partial charge in [0, 0.05) is 44.1 Å². The molecule has 728 valence electrons. The Bertz CT molecular complexity index is 4320. The maximum Gasteiger partial charge on any atom is 0.328 e.